The normalized spacial score (nSPS) is 10.6. The molecule has 0 saturated heterocycles. The minimum absolute atomic E-state index is 0.582. The number of aryl methyl sites for hydroxylation is 1. The fraction of sp³-hybridized carbons (Fsp3) is 0.0667. The lowest BCUT2D eigenvalue weighted by Gasteiger charge is -1.95. The number of carbonyl (C=O) groups excluding carboxylic acids is 1. The van der Waals surface area contributed by atoms with Crippen LogP contribution in [0.1, 0.15) is 5.56 Å². The van der Waals surface area contributed by atoms with Gasteiger partial charge in [0.2, 0.25) is 12.3 Å². The van der Waals surface area contributed by atoms with Crippen LogP contribution in [0.2, 0.25) is 0 Å². The second-order valence-electron chi connectivity index (χ2n) is 4.33. The van der Waals surface area contributed by atoms with Gasteiger partial charge in [0.1, 0.15) is 5.52 Å². The van der Waals surface area contributed by atoms with Crippen molar-refractivity contribution in [2.24, 2.45) is 0 Å². The Bertz CT molecular complexity index is 729. The van der Waals surface area contributed by atoms with Crippen molar-refractivity contribution in [1.82, 2.24) is 4.98 Å². The van der Waals surface area contributed by atoms with E-state index in [4.69, 9.17) is 4.42 Å². The zero-order valence-electron chi connectivity index (χ0n) is 10.4. The zero-order chi connectivity index (χ0) is 13.2. The maximum Gasteiger partial charge on any atom is 0.227 e. The minimum Gasteiger partial charge on any atom is -0.436 e. The highest BCUT2D eigenvalue weighted by atomic mass is 16.3. The van der Waals surface area contributed by atoms with E-state index in [9.17, 15) is 4.79 Å². The van der Waals surface area contributed by atoms with E-state index in [-0.39, 0.29) is 0 Å². The first kappa shape index (κ1) is 11.5. The number of fused-ring (bicyclic) bond motifs is 1. The van der Waals surface area contributed by atoms with Crippen molar-refractivity contribution in [3.63, 3.8) is 0 Å². The third-order valence-electron chi connectivity index (χ3n) is 2.91. The van der Waals surface area contributed by atoms with Crippen LogP contribution in [0.3, 0.4) is 0 Å². The lowest BCUT2D eigenvalue weighted by molar-refractivity contribution is -0.105. The van der Waals surface area contributed by atoms with Crippen molar-refractivity contribution in [2.75, 3.05) is 5.32 Å². The van der Waals surface area contributed by atoms with Gasteiger partial charge in [-0.25, -0.2) is 4.98 Å². The summed E-state index contributed by atoms with van der Waals surface area (Å²) in [5.74, 6) is 0.582. The number of oxazole rings is 1. The Labute approximate surface area is 110 Å². The van der Waals surface area contributed by atoms with Gasteiger partial charge in [0.15, 0.2) is 5.58 Å². The van der Waals surface area contributed by atoms with E-state index in [0.29, 0.717) is 23.6 Å². The molecule has 4 nitrogen and oxygen atoms in total. The molecule has 1 N–H and O–H groups in total. The van der Waals surface area contributed by atoms with Crippen LogP contribution < -0.4 is 5.32 Å². The molecule has 0 atom stereocenters. The summed E-state index contributed by atoms with van der Waals surface area (Å²) in [4.78, 5) is 14.8. The maximum atomic E-state index is 10.4. The Morgan fingerprint density at radius 3 is 2.68 bits per heavy atom. The Morgan fingerprint density at radius 2 is 1.95 bits per heavy atom. The molecule has 0 unspecified atom stereocenters. The first-order chi connectivity index (χ1) is 9.26. The number of hydrogen-bond donors (Lipinski definition) is 1. The van der Waals surface area contributed by atoms with Gasteiger partial charge in [0.05, 0.1) is 0 Å². The highest BCUT2D eigenvalue weighted by Crippen LogP contribution is 2.26. The van der Waals surface area contributed by atoms with E-state index in [1.165, 1.54) is 5.56 Å². The summed E-state index contributed by atoms with van der Waals surface area (Å²) in [5.41, 5.74) is 4.25. The van der Waals surface area contributed by atoms with Crippen LogP contribution in [0.4, 0.5) is 5.69 Å². The smallest absolute Gasteiger partial charge is 0.227 e. The molecule has 0 spiro atoms. The molecule has 0 radical (unpaired) electrons. The highest BCUT2D eigenvalue weighted by molar-refractivity contribution is 5.83. The molecule has 19 heavy (non-hydrogen) atoms. The van der Waals surface area contributed by atoms with Crippen LogP contribution in [0, 0.1) is 6.92 Å². The van der Waals surface area contributed by atoms with Crippen molar-refractivity contribution in [3.8, 4) is 11.5 Å². The van der Waals surface area contributed by atoms with Gasteiger partial charge in [0, 0.05) is 11.3 Å². The van der Waals surface area contributed by atoms with Crippen molar-refractivity contribution >= 4 is 23.2 Å². The molecule has 0 bridgehead atoms. The van der Waals surface area contributed by atoms with Gasteiger partial charge in [-0.1, -0.05) is 17.7 Å². The zero-order valence-corrected chi connectivity index (χ0v) is 10.4. The van der Waals surface area contributed by atoms with E-state index >= 15 is 0 Å². The number of nitrogens with one attached hydrogen (secondary N) is 1. The molecule has 0 saturated carbocycles. The quantitative estimate of drug-likeness (QED) is 0.727. The number of benzene rings is 2. The molecule has 0 fully saturated rings. The fourth-order valence-corrected chi connectivity index (χ4v) is 1.90. The molecule has 1 aromatic heterocycles. The predicted octanol–water partition coefficient (Wildman–Crippen LogP) is 3.37. The fourth-order valence-electron chi connectivity index (χ4n) is 1.90. The average Bonchev–Trinajstić information content (AvgIpc) is 2.83. The van der Waals surface area contributed by atoms with Gasteiger partial charge in [0.25, 0.3) is 0 Å². The molecule has 4 heteroatoms. The minimum atomic E-state index is 0.582. The molecule has 2 aromatic carbocycles. The van der Waals surface area contributed by atoms with Crippen LogP contribution in [0.15, 0.2) is 46.9 Å². The average molecular weight is 252 g/mol. The van der Waals surface area contributed by atoms with E-state index in [0.717, 1.165) is 11.1 Å². The maximum absolute atomic E-state index is 10.4. The predicted molar refractivity (Wildman–Crippen MR) is 73.9 cm³/mol. The number of nitrogens with zero attached hydrogens (tertiary/aromatic N) is 1. The molecule has 94 valence electrons. The van der Waals surface area contributed by atoms with Crippen LogP contribution in [-0.2, 0) is 4.79 Å². The van der Waals surface area contributed by atoms with Crippen LogP contribution >= 0.6 is 0 Å². The third-order valence-corrected chi connectivity index (χ3v) is 2.91. The topological polar surface area (TPSA) is 55.1 Å². The number of aromatic nitrogens is 1. The van der Waals surface area contributed by atoms with Crippen molar-refractivity contribution < 1.29 is 9.21 Å². The van der Waals surface area contributed by atoms with Crippen molar-refractivity contribution in [3.05, 3.63) is 48.0 Å². The summed E-state index contributed by atoms with van der Waals surface area (Å²) in [6, 6.07) is 13.3. The van der Waals surface area contributed by atoms with E-state index in [1.54, 1.807) is 18.2 Å². The van der Waals surface area contributed by atoms with E-state index in [2.05, 4.69) is 10.3 Å². The van der Waals surface area contributed by atoms with Gasteiger partial charge in [-0.2, -0.15) is 0 Å². The van der Waals surface area contributed by atoms with Crippen molar-refractivity contribution in [1.29, 1.82) is 0 Å². The van der Waals surface area contributed by atoms with Crippen LogP contribution in [0.25, 0.3) is 22.6 Å². The number of carbonyl (C=O) groups is 1. The summed E-state index contributed by atoms with van der Waals surface area (Å²) < 4.78 is 5.70. The first-order valence-electron chi connectivity index (χ1n) is 5.94. The third kappa shape index (κ3) is 2.20. The lowest BCUT2D eigenvalue weighted by atomic mass is 10.1. The molecule has 0 aliphatic heterocycles. The molecule has 1 amide bonds. The van der Waals surface area contributed by atoms with Crippen molar-refractivity contribution in [2.45, 2.75) is 6.92 Å². The summed E-state index contributed by atoms with van der Waals surface area (Å²) in [6.07, 6.45) is 0.641. The Morgan fingerprint density at radius 1 is 1.16 bits per heavy atom. The molecule has 1 heterocycles. The molecular weight excluding hydrogens is 240 g/mol. The second kappa shape index (κ2) is 4.57. The summed E-state index contributed by atoms with van der Waals surface area (Å²) in [6.45, 7) is 2.03. The standard InChI is InChI=1S/C15H12N2O2/c1-10-2-4-11(5-3-10)15-17-13-8-12(16-9-18)6-7-14(13)19-15/h2-9H,1H3,(H,16,18). The Balaban J connectivity index is 2.05. The number of amides is 1. The largest absolute Gasteiger partial charge is 0.436 e. The summed E-state index contributed by atoms with van der Waals surface area (Å²) >= 11 is 0. The van der Waals surface area contributed by atoms with E-state index in [1.807, 2.05) is 31.2 Å². The Hall–Kier alpha value is -2.62. The first-order valence-corrected chi connectivity index (χ1v) is 5.94. The van der Waals surface area contributed by atoms with Gasteiger partial charge < -0.3 is 9.73 Å². The molecule has 3 rings (SSSR count). The summed E-state index contributed by atoms with van der Waals surface area (Å²) in [5, 5.41) is 2.59. The highest BCUT2D eigenvalue weighted by Gasteiger charge is 2.08. The van der Waals surface area contributed by atoms with Gasteiger partial charge in [-0.05, 0) is 37.3 Å². The van der Waals surface area contributed by atoms with E-state index < -0.39 is 0 Å². The SMILES string of the molecule is Cc1ccc(-c2nc3cc(NC=O)ccc3o2)cc1. The van der Waals surface area contributed by atoms with Crippen LogP contribution in [0.5, 0.6) is 0 Å². The number of rotatable bonds is 3. The molecule has 0 aliphatic rings. The molecule has 3 aromatic rings. The monoisotopic (exact) mass is 252 g/mol. The lowest BCUT2D eigenvalue weighted by Crippen LogP contribution is -1.92. The summed E-state index contributed by atoms with van der Waals surface area (Å²) in [7, 11) is 0. The number of anilines is 1. The van der Waals surface area contributed by atoms with Gasteiger partial charge in [-0.3, -0.25) is 4.79 Å². The molecular formula is C15H12N2O2. The van der Waals surface area contributed by atoms with Crippen LogP contribution in [-0.4, -0.2) is 11.4 Å². The Kier molecular flexibility index (Phi) is 2.76. The van der Waals surface area contributed by atoms with Gasteiger partial charge >= 0.3 is 0 Å². The second-order valence-corrected chi connectivity index (χ2v) is 4.33. The molecule has 0 aliphatic carbocycles. The number of hydrogen-bond acceptors (Lipinski definition) is 3. The van der Waals surface area contributed by atoms with Gasteiger partial charge in [-0.15, -0.1) is 0 Å².